The third-order valence-corrected chi connectivity index (χ3v) is 3.47. The monoisotopic (exact) mass is 276 g/mol. The molecule has 1 aliphatic carbocycles. The summed E-state index contributed by atoms with van der Waals surface area (Å²) in [7, 11) is 0. The second-order valence-corrected chi connectivity index (χ2v) is 6.20. The van der Waals surface area contributed by atoms with E-state index in [2.05, 4.69) is 0 Å². The summed E-state index contributed by atoms with van der Waals surface area (Å²) in [5.74, 6) is -1.27. The molecule has 0 saturated heterocycles. The van der Waals surface area contributed by atoms with Crippen molar-refractivity contribution in [3.8, 4) is 0 Å². The number of aromatic carboxylic acids is 1. The Balaban J connectivity index is 2.44. The predicted octanol–water partition coefficient (Wildman–Crippen LogP) is 3.61. The van der Waals surface area contributed by atoms with Crippen molar-refractivity contribution in [2.45, 2.75) is 51.6 Å². The lowest BCUT2D eigenvalue weighted by Crippen LogP contribution is -2.26. The highest BCUT2D eigenvalue weighted by atomic mass is 16.6. The van der Waals surface area contributed by atoms with Gasteiger partial charge in [-0.05, 0) is 57.2 Å². The lowest BCUT2D eigenvalue weighted by Gasteiger charge is -2.29. The van der Waals surface area contributed by atoms with Crippen molar-refractivity contribution < 1.29 is 19.4 Å². The smallest absolute Gasteiger partial charge is 0.338 e. The van der Waals surface area contributed by atoms with Crippen LogP contribution >= 0.6 is 0 Å². The van der Waals surface area contributed by atoms with Crippen LogP contribution in [-0.4, -0.2) is 22.6 Å². The maximum Gasteiger partial charge on any atom is 0.338 e. The number of carbonyl (C=O) groups is 2. The van der Waals surface area contributed by atoms with E-state index in [1.807, 2.05) is 0 Å². The van der Waals surface area contributed by atoms with E-state index >= 15 is 0 Å². The van der Waals surface area contributed by atoms with Gasteiger partial charge in [0.25, 0.3) is 0 Å². The van der Waals surface area contributed by atoms with Crippen LogP contribution in [0, 0.1) is 0 Å². The van der Waals surface area contributed by atoms with Crippen LogP contribution in [-0.2, 0) is 4.74 Å². The van der Waals surface area contributed by atoms with Gasteiger partial charge in [-0.25, -0.2) is 9.59 Å². The van der Waals surface area contributed by atoms with Crippen LogP contribution in [0.4, 0.5) is 0 Å². The van der Waals surface area contributed by atoms with E-state index in [0.717, 1.165) is 19.3 Å². The second kappa shape index (κ2) is 5.27. The summed E-state index contributed by atoms with van der Waals surface area (Å²) in [6.07, 6.45) is 2.94. The molecule has 0 heterocycles. The zero-order valence-corrected chi connectivity index (χ0v) is 12.1. The summed E-state index contributed by atoms with van der Waals surface area (Å²) >= 11 is 0. The number of carbonyl (C=O) groups excluding carboxylic acids is 1. The molecule has 1 aliphatic rings. The molecule has 0 aromatic heterocycles. The quantitative estimate of drug-likeness (QED) is 0.857. The molecule has 2 rings (SSSR count). The second-order valence-electron chi connectivity index (χ2n) is 6.20. The molecular weight excluding hydrogens is 256 g/mol. The molecule has 1 aromatic carbocycles. The molecule has 1 aromatic rings. The molecule has 0 radical (unpaired) electrons. The van der Waals surface area contributed by atoms with Gasteiger partial charge < -0.3 is 9.84 Å². The molecule has 1 fully saturated rings. The zero-order chi connectivity index (χ0) is 14.9. The van der Waals surface area contributed by atoms with Gasteiger partial charge in [0.1, 0.15) is 5.60 Å². The molecule has 0 bridgehead atoms. The minimum atomic E-state index is -0.989. The lowest BCUT2D eigenvalue weighted by atomic mass is 9.76. The van der Waals surface area contributed by atoms with Crippen LogP contribution in [0.3, 0.4) is 0 Å². The van der Waals surface area contributed by atoms with Gasteiger partial charge in [0, 0.05) is 0 Å². The average molecular weight is 276 g/mol. The molecule has 1 N–H and O–H groups in total. The normalized spacial score (nSPS) is 15.6. The Kier molecular flexibility index (Phi) is 3.84. The standard InChI is InChI=1S/C16H20O4/c1-16(2,3)20-15(19)12-9-5-8-11(14(17)18)13(12)10-6-4-7-10/h5,8-10H,4,6-7H2,1-3H3,(H,17,18). The van der Waals surface area contributed by atoms with E-state index in [1.54, 1.807) is 39.0 Å². The van der Waals surface area contributed by atoms with E-state index in [-0.39, 0.29) is 11.5 Å². The minimum absolute atomic E-state index is 0.157. The fraction of sp³-hybridized carbons (Fsp3) is 0.500. The highest BCUT2D eigenvalue weighted by Crippen LogP contribution is 2.40. The minimum Gasteiger partial charge on any atom is -0.478 e. The van der Waals surface area contributed by atoms with Crippen molar-refractivity contribution in [2.24, 2.45) is 0 Å². The maximum atomic E-state index is 12.3. The SMILES string of the molecule is CC(C)(C)OC(=O)c1cccc(C(=O)O)c1C1CCC1. The topological polar surface area (TPSA) is 63.6 Å². The van der Waals surface area contributed by atoms with Crippen LogP contribution in [0.5, 0.6) is 0 Å². The van der Waals surface area contributed by atoms with Crippen LogP contribution in [0.15, 0.2) is 18.2 Å². The third-order valence-electron chi connectivity index (χ3n) is 3.47. The summed E-state index contributed by atoms with van der Waals surface area (Å²) < 4.78 is 5.39. The highest BCUT2D eigenvalue weighted by Gasteiger charge is 2.30. The first-order chi connectivity index (χ1) is 9.29. The lowest BCUT2D eigenvalue weighted by molar-refractivity contribution is 0.00672. The van der Waals surface area contributed by atoms with Gasteiger partial charge in [0.05, 0.1) is 11.1 Å². The summed E-state index contributed by atoms with van der Waals surface area (Å²) in [4.78, 5) is 23.7. The molecule has 4 heteroatoms. The molecule has 108 valence electrons. The number of esters is 1. The number of hydrogen-bond acceptors (Lipinski definition) is 3. The van der Waals surface area contributed by atoms with Crippen molar-refractivity contribution in [1.82, 2.24) is 0 Å². The fourth-order valence-corrected chi connectivity index (χ4v) is 2.40. The van der Waals surface area contributed by atoms with Gasteiger partial charge in [-0.2, -0.15) is 0 Å². The van der Waals surface area contributed by atoms with Crippen LogP contribution in [0.1, 0.15) is 72.2 Å². The van der Waals surface area contributed by atoms with E-state index in [9.17, 15) is 14.7 Å². The summed E-state index contributed by atoms with van der Waals surface area (Å²) in [6, 6.07) is 4.82. The van der Waals surface area contributed by atoms with Crippen molar-refractivity contribution >= 4 is 11.9 Å². The first kappa shape index (κ1) is 14.6. The van der Waals surface area contributed by atoms with E-state index in [0.29, 0.717) is 11.1 Å². The predicted molar refractivity (Wildman–Crippen MR) is 75.2 cm³/mol. The largest absolute Gasteiger partial charge is 0.478 e. The highest BCUT2D eigenvalue weighted by molar-refractivity contribution is 5.98. The van der Waals surface area contributed by atoms with Gasteiger partial charge in [-0.3, -0.25) is 0 Å². The van der Waals surface area contributed by atoms with Gasteiger partial charge in [-0.1, -0.05) is 12.5 Å². The van der Waals surface area contributed by atoms with Gasteiger partial charge in [0.2, 0.25) is 0 Å². The molecule has 0 atom stereocenters. The molecule has 0 amide bonds. The summed E-state index contributed by atoms with van der Waals surface area (Å²) in [5, 5.41) is 9.32. The zero-order valence-electron chi connectivity index (χ0n) is 12.1. The van der Waals surface area contributed by atoms with Crippen molar-refractivity contribution in [3.63, 3.8) is 0 Å². The molecular formula is C16H20O4. The van der Waals surface area contributed by atoms with Crippen molar-refractivity contribution in [2.75, 3.05) is 0 Å². The van der Waals surface area contributed by atoms with Crippen LogP contribution in [0.25, 0.3) is 0 Å². The molecule has 20 heavy (non-hydrogen) atoms. The van der Waals surface area contributed by atoms with Gasteiger partial charge >= 0.3 is 11.9 Å². The molecule has 0 spiro atoms. The number of carboxylic acid groups (broad SMARTS) is 1. The Hall–Kier alpha value is -1.84. The Bertz CT molecular complexity index is 536. The van der Waals surface area contributed by atoms with Crippen molar-refractivity contribution in [3.05, 3.63) is 34.9 Å². The Morgan fingerprint density at radius 2 is 1.80 bits per heavy atom. The van der Waals surface area contributed by atoms with E-state index in [4.69, 9.17) is 4.74 Å². The first-order valence-corrected chi connectivity index (χ1v) is 6.89. The summed E-state index contributed by atoms with van der Waals surface area (Å²) in [5.41, 5.74) is 0.663. The Morgan fingerprint density at radius 3 is 2.25 bits per heavy atom. The molecule has 4 nitrogen and oxygen atoms in total. The third kappa shape index (κ3) is 3.00. The maximum absolute atomic E-state index is 12.3. The molecule has 0 unspecified atom stereocenters. The van der Waals surface area contributed by atoms with Gasteiger partial charge in [-0.15, -0.1) is 0 Å². The first-order valence-electron chi connectivity index (χ1n) is 6.89. The summed E-state index contributed by atoms with van der Waals surface area (Å²) in [6.45, 7) is 5.40. The van der Waals surface area contributed by atoms with Crippen LogP contribution < -0.4 is 0 Å². The van der Waals surface area contributed by atoms with E-state index < -0.39 is 17.5 Å². The van der Waals surface area contributed by atoms with Crippen molar-refractivity contribution in [1.29, 1.82) is 0 Å². The number of carboxylic acids is 1. The van der Waals surface area contributed by atoms with Crippen LogP contribution in [0.2, 0.25) is 0 Å². The van der Waals surface area contributed by atoms with E-state index in [1.165, 1.54) is 0 Å². The van der Waals surface area contributed by atoms with Gasteiger partial charge in [0.15, 0.2) is 0 Å². The Morgan fingerprint density at radius 1 is 1.20 bits per heavy atom. The number of ether oxygens (including phenoxy) is 1. The number of hydrogen-bond donors (Lipinski definition) is 1. The molecule has 0 aliphatic heterocycles. The Labute approximate surface area is 118 Å². The number of rotatable bonds is 3. The number of benzene rings is 1. The molecule has 1 saturated carbocycles. The fourth-order valence-electron chi connectivity index (χ4n) is 2.40. The average Bonchev–Trinajstić information content (AvgIpc) is 2.24.